The van der Waals surface area contributed by atoms with Gasteiger partial charge in [-0.25, -0.2) is 14.2 Å². The fraction of sp³-hybridized carbons (Fsp3) is 0.351. The van der Waals surface area contributed by atoms with Gasteiger partial charge in [0, 0.05) is 74.9 Å². The third-order valence-electron chi connectivity index (χ3n) is 10.4. The normalized spacial score (nSPS) is 19.5. The Morgan fingerprint density at radius 3 is 2.42 bits per heavy atom. The molecule has 53 heavy (non-hydrogen) atoms. The summed E-state index contributed by atoms with van der Waals surface area (Å²) in [6.45, 7) is 3.30. The molecule has 1 unspecified atom stereocenters. The van der Waals surface area contributed by atoms with E-state index in [0.29, 0.717) is 68.3 Å². The largest absolute Gasteiger partial charge is 0.423 e. The number of hydrogen-bond donors (Lipinski definition) is 2. The minimum atomic E-state index is -1.01. The van der Waals surface area contributed by atoms with Crippen molar-refractivity contribution in [2.24, 2.45) is 5.92 Å². The molecule has 2 aromatic heterocycles. The van der Waals surface area contributed by atoms with Crippen LogP contribution in [-0.2, 0) is 14.4 Å². The summed E-state index contributed by atoms with van der Waals surface area (Å²) in [5.74, 6) is -2.13. The minimum Gasteiger partial charge on any atom is -0.423 e. The van der Waals surface area contributed by atoms with E-state index in [1.54, 1.807) is 42.5 Å². The topological polar surface area (TPSA) is 178 Å². The lowest BCUT2D eigenvalue weighted by Crippen LogP contribution is -2.54. The number of rotatable bonds is 7. The molecule has 16 heteroatoms. The minimum absolute atomic E-state index is 0.00533. The number of piperazine rings is 1. The van der Waals surface area contributed by atoms with Gasteiger partial charge in [-0.2, -0.15) is 4.98 Å². The predicted octanol–water partition coefficient (Wildman–Crippen LogP) is 2.82. The molecule has 3 fully saturated rings. The van der Waals surface area contributed by atoms with E-state index in [2.05, 4.69) is 25.5 Å². The third kappa shape index (κ3) is 6.67. The number of fused-ring (bicyclic) bond motifs is 2. The summed E-state index contributed by atoms with van der Waals surface area (Å²) in [5, 5.41) is 5.87. The lowest BCUT2D eigenvalue weighted by Gasteiger charge is -2.37. The fourth-order valence-electron chi connectivity index (χ4n) is 7.47. The molecule has 0 radical (unpaired) electrons. The Bertz CT molecular complexity index is 2230. The third-order valence-corrected chi connectivity index (χ3v) is 10.4. The van der Waals surface area contributed by atoms with Crippen molar-refractivity contribution in [2.45, 2.75) is 38.1 Å². The fourth-order valence-corrected chi connectivity index (χ4v) is 7.47. The second kappa shape index (κ2) is 13.7. The zero-order valence-electron chi connectivity index (χ0n) is 28.5. The second-order valence-corrected chi connectivity index (χ2v) is 13.7. The number of carbonyl (C=O) groups excluding carboxylic acids is 5. The SMILES string of the molecule is O=C1CCC(N2C(=O)c3ccc(N4CCC(CC(=O)N5CCN(c6ncc(F)c(Nc7ccc8oc(=O)ccc8c7)n6)CC5)CC4)cc3C2=O)C(=O)N1. The number of amides is 5. The molecule has 6 heterocycles. The van der Waals surface area contributed by atoms with Crippen LogP contribution in [0.2, 0.25) is 0 Å². The zero-order chi connectivity index (χ0) is 36.8. The molecule has 2 aromatic carbocycles. The Morgan fingerprint density at radius 1 is 0.868 bits per heavy atom. The number of halogens is 1. The van der Waals surface area contributed by atoms with Crippen LogP contribution in [0.25, 0.3) is 11.0 Å². The van der Waals surface area contributed by atoms with E-state index in [1.165, 1.54) is 6.07 Å². The maximum atomic E-state index is 14.7. The molecule has 4 aliphatic rings. The molecule has 0 saturated carbocycles. The van der Waals surface area contributed by atoms with Crippen molar-refractivity contribution >= 4 is 63.6 Å². The standard InChI is InChI=1S/C37H35FN8O7/c38-27-20-39-37(42-33(27)40-23-2-6-29-22(18-23)1-8-32(49)53-29)45-15-13-44(14-16-45)31(48)17-21-9-11-43(12-10-21)24-3-4-25-26(19-24)36(52)46(35(25)51)28-5-7-30(47)41-34(28)50/h1-4,6,8,18-21,28H,5,7,9-17H2,(H,39,40,42)(H,41,47,50). The Hall–Kier alpha value is -6.19. The molecule has 4 aliphatic heterocycles. The van der Waals surface area contributed by atoms with E-state index in [9.17, 15) is 33.2 Å². The summed E-state index contributed by atoms with van der Waals surface area (Å²) >= 11 is 0. The molecule has 4 aromatic rings. The van der Waals surface area contributed by atoms with Gasteiger partial charge in [0.1, 0.15) is 11.6 Å². The average Bonchev–Trinajstić information content (AvgIpc) is 3.41. The zero-order valence-corrected chi connectivity index (χ0v) is 28.5. The van der Waals surface area contributed by atoms with Gasteiger partial charge in [0.2, 0.25) is 23.7 Å². The number of piperidine rings is 2. The summed E-state index contributed by atoms with van der Waals surface area (Å²) in [6, 6.07) is 12.1. The molecule has 8 rings (SSSR count). The highest BCUT2D eigenvalue weighted by molar-refractivity contribution is 6.23. The van der Waals surface area contributed by atoms with E-state index >= 15 is 0 Å². The molecule has 3 saturated heterocycles. The highest BCUT2D eigenvalue weighted by Crippen LogP contribution is 2.33. The van der Waals surface area contributed by atoms with Crippen molar-refractivity contribution in [3.63, 3.8) is 0 Å². The maximum Gasteiger partial charge on any atom is 0.336 e. The Kier molecular flexibility index (Phi) is 8.80. The molecule has 1 atom stereocenters. The molecular formula is C37H35FN8O7. The van der Waals surface area contributed by atoms with Crippen LogP contribution >= 0.6 is 0 Å². The first-order chi connectivity index (χ1) is 25.6. The van der Waals surface area contributed by atoms with Crippen molar-refractivity contribution in [3.8, 4) is 0 Å². The summed E-state index contributed by atoms with van der Waals surface area (Å²) in [7, 11) is 0. The quantitative estimate of drug-likeness (QED) is 0.211. The summed E-state index contributed by atoms with van der Waals surface area (Å²) in [6.07, 6.45) is 3.26. The summed E-state index contributed by atoms with van der Waals surface area (Å²) < 4.78 is 19.9. The van der Waals surface area contributed by atoms with E-state index < -0.39 is 41.1 Å². The van der Waals surface area contributed by atoms with Gasteiger partial charge in [-0.1, -0.05) is 0 Å². The molecule has 15 nitrogen and oxygen atoms in total. The molecule has 0 aliphatic carbocycles. The first-order valence-corrected chi connectivity index (χ1v) is 17.6. The van der Waals surface area contributed by atoms with E-state index in [1.807, 2.05) is 9.80 Å². The van der Waals surface area contributed by atoms with Crippen molar-refractivity contribution in [1.29, 1.82) is 0 Å². The maximum absolute atomic E-state index is 14.7. The monoisotopic (exact) mass is 722 g/mol. The predicted molar refractivity (Wildman–Crippen MR) is 189 cm³/mol. The second-order valence-electron chi connectivity index (χ2n) is 13.7. The Labute approximate surface area is 301 Å². The van der Waals surface area contributed by atoms with Gasteiger partial charge in [-0.15, -0.1) is 0 Å². The summed E-state index contributed by atoms with van der Waals surface area (Å²) in [4.78, 5) is 90.6. The number of imide groups is 2. The van der Waals surface area contributed by atoms with Gasteiger partial charge in [0.05, 0.1) is 17.3 Å². The highest BCUT2D eigenvalue weighted by atomic mass is 19.1. The number of aromatic nitrogens is 2. The number of hydrogen-bond acceptors (Lipinski definition) is 12. The van der Waals surface area contributed by atoms with Gasteiger partial charge in [0.25, 0.3) is 11.8 Å². The van der Waals surface area contributed by atoms with Gasteiger partial charge >= 0.3 is 5.63 Å². The van der Waals surface area contributed by atoms with Crippen molar-refractivity contribution in [2.75, 3.05) is 54.4 Å². The molecule has 272 valence electrons. The van der Waals surface area contributed by atoms with Crippen LogP contribution in [0.1, 0.15) is 52.8 Å². The van der Waals surface area contributed by atoms with Gasteiger partial charge in [-0.05, 0) is 67.6 Å². The van der Waals surface area contributed by atoms with E-state index in [-0.39, 0.29) is 41.6 Å². The van der Waals surface area contributed by atoms with Gasteiger partial charge in [0.15, 0.2) is 11.6 Å². The van der Waals surface area contributed by atoms with E-state index in [0.717, 1.165) is 29.6 Å². The highest BCUT2D eigenvalue weighted by Gasteiger charge is 2.45. The van der Waals surface area contributed by atoms with Crippen molar-refractivity contribution in [3.05, 3.63) is 82.1 Å². The van der Waals surface area contributed by atoms with Crippen LogP contribution in [-0.4, -0.2) is 94.6 Å². The van der Waals surface area contributed by atoms with Crippen LogP contribution < -0.4 is 26.1 Å². The van der Waals surface area contributed by atoms with Crippen LogP contribution in [0.15, 0.2) is 63.9 Å². The summed E-state index contributed by atoms with van der Waals surface area (Å²) in [5.41, 5.74) is 1.81. The van der Waals surface area contributed by atoms with Gasteiger partial charge < -0.3 is 24.4 Å². The van der Waals surface area contributed by atoms with Crippen molar-refractivity contribution in [1.82, 2.24) is 25.1 Å². The molecule has 0 bridgehead atoms. The lowest BCUT2D eigenvalue weighted by molar-refractivity contribution is -0.136. The molecule has 5 amide bonds. The molecular weight excluding hydrogens is 687 g/mol. The number of carbonyl (C=O) groups is 5. The first-order valence-electron chi connectivity index (χ1n) is 17.6. The van der Waals surface area contributed by atoms with E-state index in [4.69, 9.17) is 4.42 Å². The van der Waals surface area contributed by atoms with Crippen LogP contribution in [0.5, 0.6) is 0 Å². The Morgan fingerprint density at radius 2 is 1.64 bits per heavy atom. The smallest absolute Gasteiger partial charge is 0.336 e. The number of benzene rings is 2. The van der Waals surface area contributed by atoms with Crippen LogP contribution in [0.4, 0.5) is 27.5 Å². The number of nitrogens with one attached hydrogen (secondary N) is 2. The Balaban J connectivity index is 0.829. The van der Waals surface area contributed by atoms with Crippen molar-refractivity contribution < 1.29 is 32.8 Å². The first kappa shape index (κ1) is 33.9. The molecule has 0 spiro atoms. The van der Waals surface area contributed by atoms with Crippen LogP contribution in [0, 0.1) is 11.7 Å². The average molecular weight is 723 g/mol. The lowest BCUT2D eigenvalue weighted by atomic mass is 9.92. The number of nitrogens with zero attached hydrogens (tertiary/aromatic N) is 6. The van der Waals surface area contributed by atoms with Gasteiger partial charge in [-0.3, -0.25) is 34.2 Å². The van der Waals surface area contributed by atoms with Crippen LogP contribution in [0.3, 0.4) is 0 Å². The number of anilines is 4. The molecule has 2 N–H and O–H groups in total.